The lowest BCUT2D eigenvalue weighted by Crippen LogP contribution is -2.51. The Kier molecular flexibility index (Phi) is 9.76. The van der Waals surface area contributed by atoms with Gasteiger partial charge in [0.15, 0.2) is 0 Å². The molecule has 0 saturated heterocycles. The molecule has 1 atom stereocenters. The van der Waals surface area contributed by atoms with Crippen LogP contribution >= 0.6 is 23.2 Å². The smallest absolute Gasteiger partial charge is 0.243 e. The van der Waals surface area contributed by atoms with Crippen LogP contribution in [-0.2, 0) is 29.0 Å². The highest BCUT2D eigenvalue weighted by Gasteiger charge is 2.31. The summed E-state index contributed by atoms with van der Waals surface area (Å²) in [5.74, 6) is -0.0223. The van der Waals surface area contributed by atoms with Crippen molar-refractivity contribution in [1.29, 1.82) is 0 Å². The first-order valence-corrected chi connectivity index (χ1v) is 12.6. The SMILES string of the molecule is Cc1cccc(CC(=O)N(Cc2ccc(Cl)cc2Cl)[C@H](Cc2ccccc2)C(=O)NCC(C)C)c1. The standard InChI is InChI=1S/C29H32Cl2N2O2/c1-20(2)18-32-29(35)27(15-22-9-5-4-6-10-22)33(19-24-12-13-25(30)17-26(24)31)28(34)16-23-11-7-8-21(3)14-23/h4-14,17,20,27H,15-16,18-19H2,1-3H3,(H,32,35)/t27-/m1/s1. The van der Waals surface area contributed by atoms with E-state index in [0.717, 1.165) is 22.3 Å². The van der Waals surface area contributed by atoms with Gasteiger partial charge in [-0.3, -0.25) is 9.59 Å². The number of nitrogens with one attached hydrogen (secondary N) is 1. The van der Waals surface area contributed by atoms with Crippen LogP contribution in [0.2, 0.25) is 10.0 Å². The minimum atomic E-state index is -0.694. The second kappa shape index (κ2) is 12.8. The molecule has 0 aromatic heterocycles. The summed E-state index contributed by atoms with van der Waals surface area (Å²) < 4.78 is 0. The number of amides is 2. The van der Waals surface area contributed by atoms with E-state index in [1.807, 2.05) is 81.4 Å². The first-order chi connectivity index (χ1) is 16.7. The van der Waals surface area contributed by atoms with Gasteiger partial charge in [0.25, 0.3) is 0 Å². The monoisotopic (exact) mass is 510 g/mol. The molecule has 3 aromatic carbocycles. The van der Waals surface area contributed by atoms with Crippen molar-refractivity contribution >= 4 is 35.0 Å². The van der Waals surface area contributed by atoms with E-state index in [4.69, 9.17) is 23.2 Å². The summed E-state index contributed by atoms with van der Waals surface area (Å²) in [4.78, 5) is 28.9. The van der Waals surface area contributed by atoms with Gasteiger partial charge < -0.3 is 10.2 Å². The molecule has 3 aromatic rings. The number of hydrogen-bond acceptors (Lipinski definition) is 2. The molecule has 0 aliphatic carbocycles. The number of rotatable bonds is 10. The van der Waals surface area contributed by atoms with Gasteiger partial charge in [-0.1, -0.05) is 103 Å². The Labute approximate surface area is 218 Å². The lowest BCUT2D eigenvalue weighted by Gasteiger charge is -2.32. The molecule has 35 heavy (non-hydrogen) atoms. The molecule has 0 heterocycles. The van der Waals surface area contributed by atoms with Gasteiger partial charge in [-0.2, -0.15) is 0 Å². The summed E-state index contributed by atoms with van der Waals surface area (Å²) in [7, 11) is 0. The number of hydrogen-bond donors (Lipinski definition) is 1. The van der Waals surface area contributed by atoms with Gasteiger partial charge in [0, 0.05) is 29.6 Å². The first kappa shape index (κ1) is 26.8. The highest BCUT2D eigenvalue weighted by Crippen LogP contribution is 2.24. The topological polar surface area (TPSA) is 49.4 Å². The van der Waals surface area contributed by atoms with Crippen LogP contribution in [0.3, 0.4) is 0 Å². The zero-order chi connectivity index (χ0) is 25.4. The van der Waals surface area contributed by atoms with Crippen LogP contribution in [0.4, 0.5) is 0 Å². The summed E-state index contributed by atoms with van der Waals surface area (Å²) in [6.07, 6.45) is 0.588. The lowest BCUT2D eigenvalue weighted by atomic mass is 10.0. The van der Waals surface area contributed by atoms with Crippen LogP contribution in [0.15, 0.2) is 72.8 Å². The van der Waals surface area contributed by atoms with Crippen molar-refractivity contribution in [3.05, 3.63) is 105 Å². The van der Waals surface area contributed by atoms with Crippen LogP contribution in [0.5, 0.6) is 0 Å². The van der Waals surface area contributed by atoms with Crippen LogP contribution in [0, 0.1) is 12.8 Å². The molecule has 0 spiro atoms. The van der Waals surface area contributed by atoms with Crippen molar-refractivity contribution in [2.24, 2.45) is 5.92 Å². The molecule has 0 fully saturated rings. The number of benzene rings is 3. The highest BCUT2D eigenvalue weighted by molar-refractivity contribution is 6.35. The van der Waals surface area contributed by atoms with Crippen LogP contribution < -0.4 is 5.32 Å². The van der Waals surface area contributed by atoms with Gasteiger partial charge in [0.1, 0.15) is 6.04 Å². The second-order valence-electron chi connectivity index (χ2n) is 9.27. The minimum Gasteiger partial charge on any atom is -0.354 e. The van der Waals surface area contributed by atoms with E-state index in [9.17, 15) is 9.59 Å². The van der Waals surface area contributed by atoms with Gasteiger partial charge in [0.2, 0.25) is 11.8 Å². The van der Waals surface area contributed by atoms with Crippen molar-refractivity contribution in [3.8, 4) is 0 Å². The average Bonchev–Trinajstić information content (AvgIpc) is 2.81. The number of aryl methyl sites for hydroxylation is 1. The fourth-order valence-corrected chi connectivity index (χ4v) is 4.38. The Morgan fingerprint density at radius 1 is 0.914 bits per heavy atom. The van der Waals surface area contributed by atoms with E-state index in [-0.39, 0.29) is 24.8 Å². The number of carbonyl (C=O) groups is 2. The molecular weight excluding hydrogens is 479 g/mol. The largest absolute Gasteiger partial charge is 0.354 e. The quantitative estimate of drug-likeness (QED) is 0.350. The third-order valence-corrected chi connectivity index (χ3v) is 6.34. The van der Waals surface area contributed by atoms with Gasteiger partial charge >= 0.3 is 0 Å². The second-order valence-corrected chi connectivity index (χ2v) is 10.1. The zero-order valence-electron chi connectivity index (χ0n) is 20.4. The van der Waals surface area contributed by atoms with Crippen molar-refractivity contribution in [1.82, 2.24) is 10.2 Å². The van der Waals surface area contributed by atoms with Crippen LogP contribution in [-0.4, -0.2) is 29.3 Å². The van der Waals surface area contributed by atoms with Crippen molar-refractivity contribution < 1.29 is 9.59 Å². The molecular formula is C29H32Cl2N2O2. The Bertz CT molecular complexity index is 1150. The maximum atomic E-state index is 13.8. The fourth-order valence-electron chi connectivity index (χ4n) is 3.91. The van der Waals surface area contributed by atoms with Crippen molar-refractivity contribution in [2.45, 2.75) is 46.2 Å². The Morgan fingerprint density at radius 2 is 1.63 bits per heavy atom. The maximum absolute atomic E-state index is 13.8. The fraction of sp³-hybridized carbons (Fsp3) is 0.310. The zero-order valence-corrected chi connectivity index (χ0v) is 21.9. The number of carbonyl (C=O) groups excluding carboxylic acids is 2. The van der Waals surface area contributed by atoms with E-state index in [0.29, 0.717) is 28.9 Å². The summed E-state index contributed by atoms with van der Waals surface area (Å²) in [5, 5.41) is 4.02. The summed E-state index contributed by atoms with van der Waals surface area (Å²) in [5.41, 5.74) is 3.71. The Balaban J connectivity index is 1.98. The van der Waals surface area contributed by atoms with Crippen molar-refractivity contribution in [2.75, 3.05) is 6.54 Å². The van der Waals surface area contributed by atoms with Crippen molar-refractivity contribution in [3.63, 3.8) is 0 Å². The molecule has 2 amide bonds. The van der Waals surface area contributed by atoms with Crippen LogP contribution in [0.25, 0.3) is 0 Å². The Hall–Kier alpha value is -2.82. The van der Waals surface area contributed by atoms with E-state index < -0.39 is 6.04 Å². The molecule has 0 radical (unpaired) electrons. The highest BCUT2D eigenvalue weighted by atomic mass is 35.5. The molecule has 3 rings (SSSR count). The van der Waals surface area contributed by atoms with Gasteiger partial charge in [-0.15, -0.1) is 0 Å². The molecule has 0 bridgehead atoms. The molecule has 0 saturated carbocycles. The third kappa shape index (κ3) is 8.12. The Morgan fingerprint density at radius 3 is 2.29 bits per heavy atom. The lowest BCUT2D eigenvalue weighted by molar-refractivity contribution is -0.140. The molecule has 0 aliphatic heterocycles. The van der Waals surface area contributed by atoms with Gasteiger partial charge in [0.05, 0.1) is 6.42 Å². The molecule has 0 unspecified atom stereocenters. The number of halogens is 2. The van der Waals surface area contributed by atoms with Gasteiger partial charge in [-0.25, -0.2) is 0 Å². The molecule has 0 aliphatic rings. The molecule has 1 N–H and O–H groups in total. The third-order valence-electron chi connectivity index (χ3n) is 5.75. The maximum Gasteiger partial charge on any atom is 0.243 e. The van der Waals surface area contributed by atoms with E-state index in [1.54, 1.807) is 17.0 Å². The molecule has 4 nitrogen and oxygen atoms in total. The predicted molar refractivity (Wildman–Crippen MR) is 144 cm³/mol. The molecule has 184 valence electrons. The van der Waals surface area contributed by atoms with Crippen LogP contribution in [0.1, 0.15) is 36.1 Å². The van der Waals surface area contributed by atoms with E-state index in [1.165, 1.54) is 0 Å². The van der Waals surface area contributed by atoms with E-state index in [2.05, 4.69) is 5.32 Å². The first-order valence-electron chi connectivity index (χ1n) is 11.8. The summed E-state index contributed by atoms with van der Waals surface area (Å²) >= 11 is 12.6. The number of nitrogens with zero attached hydrogens (tertiary/aromatic N) is 1. The average molecular weight is 511 g/mol. The van der Waals surface area contributed by atoms with E-state index >= 15 is 0 Å². The summed E-state index contributed by atoms with van der Waals surface area (Å²) in [6.45, 7) is 6.82. The predicted octanol–water partition coefficient (Wildman–Crippen LogP) is 6.26. The van der Waals surface area contributed by atoms with Gasteiger partial charge in [-0.05, 0) is 41.7 Å². The molecule has 6 heteroatoms. The normalized spacial score (nSPS) is 11.8. The minimum absolute atomic E-state index is 0.137. The summed E-state index contributed by atoms with van der Waals surface area (Å²) in [6, 6.07) is 22.1.